The minimum atomic E-state index is -0.145. The van der Waals surface area contributed by atoms with Crippen LogP contribution in [-0.2, 0) is 0 Å². The van der Waals surface area contributed by atoms with E-state index in [0.717, 1.165) is 27.2 Å². The van der Waals surface area contributed by atoms with Crippen molar-refractivity contribution in [1.29, 1.82) is 0 Å². The number of rotatable bonds is 3. The highest BCUT2D eigenvalue weighted by atomic mass is 35.5. The summed E-state index contributed by atoms with van der Waals surface area (Å²) in [6.07, 6.45) is 3.74. The Bertz CT molecular complexity index is 750. The van der Waals surface area contributed by atoms with Crippen LogP contribution in [0.15, 0.2) is 48.8 Å². The zero-order valence-corrected chi connectivity index (χ0v) is 11.8. The van der Waals surface area contributed by atoms with Crippen molar-refractivity contribution in [3.05, 3.63) is 70.5 Å². The quantitative estimate of drug-likeness (QED) is 0.575. The molecule has 20 heavy (non-hydrogen) atoms. The summed E-state index contributed by atoms with van der Waals surface area (Å²) in [5.41, 5.74) is 6.95. The first-order valence-corrected chi connectivity index (χ1v) is 6.73. The maximum atomic E-state index is 6.21. The van der Waals surface area contributed by atoms with Crippen molar-refractivity contribution in [2.45, 2.75) is 13.0 Å². The highest BCUT2D eigenvalue weighted by Crippen LogP contribution is 2.28. The van der Waals surface area contributed by atoms with E-state index in [9.17, 15) is 0 Å². The molecule has 0 aliphatic rings. The lowest BCUT2D eigenvalue weighted by Crippen LogP contribution is -2.28. The van der Waals surface area contributed by atoms with Gasteiger partial charge in [-0.3, -0.25) is 5.84 Å². The second-order valence-electron chi connectivity index (χ2n) is 4.74. The molecule has 3 aromatic rings. The molecule has 0 saturated heterocycles. The lowest BCUT2D eigenvalue weighted by atomic mass is 9.99. The molecule has 0 bridgehead atoms. The van der Waals surface area contributed by atoms with Gasteiger partial charge in [0.1, 0.15) is 0 Å². The van der Waals surface area contributed by atoms with E-state index in [-0.39, 0.29) is 6.04 Å². The molecule has 0 saturated carbocycles. The number of aryl methyl sites for hydroxylation is 1. The molecule has 1 aromatic carbocycles. The van der Waals surface area contributed by atoms with Gasteiger partial charge in [0, 0.05) is 16.8 Å². The third kappa shape index (κ3) is 2.18. The summed E-state index contributed by atoms with van der Waals surface area (Å²) in [6, 6.07) is 11.8. The Labute approximate surface area is 122 Å². The number of halogens is 1. The molecule has 0 spiro atoms. The van der Waals surface area contributed by atoms with Gasteiger partial charge in [0.25, 0.3) is 0 Å². The number of benzene rings is 1. The molecule has 0 amide bonds. The summed E-state index contributed by atoms with van der Waals surface area (Å²) in [4.78, 5) is 0. The highest BCUT2D eigenvalue weighted by molar-refractivity contribution is 6.31. The fraction of sp³-hybridized carbons (Fsp3) is 0.133. The standard InChI is InChI=1S/C15H15ClN4/c1-10-5-6-11(8-13(10)16)15(19-17)12-9-18-20-7-3-2-4-14(12)20/h2-9,15,19H,17H2,1H3. The number of hydrogen-bond donors (Lipinski definition) is 2. The second-order valence-corrected chi connectivity index (χ2v) is 5.15. The Morgan fingerprint density at radius 3 is 2.90 bits per heavy atom. The van der Waals surface area contributed by atoms with Gasteiger partial charge in [-0.15, -0.1) is 0 Å². The van der Waals surface area contributed by atoms with Gasteiger partial charge in [-0.1, -0.05) is 29.8 Å². The van der Waals surface area contributed by atoms with E-state index in [2.05, 4.69) is 10.5 Å². The molecule has 2 aromatic heterocycles. The molecule has 3 rings (SSSR count). The van der Waals surface area contributed by atoms with Gasteiger partial charge in [0.2, 0.25) is 0 Å². The minimum Gasteiger partial charge on any atom is -0.271 e. The Kier molecular flexibility index (Phi) is 3.44. The van der Waals surface area contributed by atoms with E-state index in [0.29, 0.717) is 0 Å². The first kappa shape index (κ1) is 13.1. The first-order valence-electron chi connectivity index (χ1n) is 6.35. The van der Waals surface area contributed by atoms with E-state index < -0.39 is 0 Å². The molecule has 5 heteroatoms. The van der Waals surface area contributed by atoms with E-state index in [1.807, 2.05) is 60.2 Å². The van der Waals surface area contributed by atoms with Crippen molar-refractivity contribution >= 4 is 17.1 Å². The summed E-state index contributed by atoms with van der Waals surface area (Å²) >= 11 is 6.21. The fourth-order valence-electron chi connectivity index (χ4n) is 2.33. The van der Waals surface area contributed by atoms with Gasteiger partial charge >= 0.3 is 0 Å². The average Bonchev–Trinajstić information content (AvgIpc) is 2.88. The van der Waals surface area contributed by atoms with Crippen LogP contribution in [0.1, 0.15) is 22.7 Å². The third-order valence-corrected chi connectivity index (χ3v) is 3.87. The first-order chi connectivity index (χ1) is 9.70. The average molecular weight is 287 g/mol. The smallest absolute Gasteiger partial charge is 0.0747 e. The van der Waals surface area contributed by atoms with Crippen molar-refractivity contribution in [2.24, 2.45) is 5.84 Å². The van der Waals surface area contributed by atoms with Crippen molar-refractivity contribution in [1.82, 2.24) is 15.0 Å². The van der Waals surface area contributed by atoms with Gasteiger partial charge < -0.3 is 0 Å². The third-order valence-electron chi connectivity index (χ3n) is 3.46. The maximum absolute atomic E-state index is 6.21. The molecule has 4 nitrogen and oxygen atoms in total. The van der Waals surface area contributed by atoms with Crippen LogP contribution >= 0.6 is 11.6 Å². The summed E-state index contributed by atoms with van der Waals surface area (Å²) < 4.78 is 1.83. The summed E-state index contributed by atoms with van der Waals surface area (Å²) in [5, 5.41) is 5.08. The number of fused-ring (bicyclic) bond motifs is 1. The van der Waals surface area contributed by atoms with Crippen molar-refractivity contribution in [2.75, 3.05) is 0 Å². The van der Waals surface area contributed by atoms with Crippen LogP contribution in [0.25, 0.3) is 5.52 Å². The topological polar surface area (TPSA) is 55.3 Å². The molecular formula is C15H15ClN4. The normalized spacial score (nSPS) is 12.8. The van der Waals surface area contributed by atoms with Crippen LogP contribution in [0, 0.1) is 6.92 Å². The van der Waals surface area contributed by atoms with Crippen LogP contribution in [0.3, 0.4) is 0 Å². The maximum Gasteiger partial charge on any atom is 0.0747 e. The summed E-state index contributed by atoms with van der Waals surface area (Å²) in [7, 11) is 0. The Morgan fingerprint density at radius 1 is 1.30 bits per heavy atom. The van der Waals surface area contributed by atoms with Gasteiger partial charge in [-0.25, -0.2) is 9.94 Å². The SMILES string of the molecule is Cc1ccc(C(NN)c2cnn3ccccc23)cc1Cl. The lowest BCUT2D eigenvalue weighted by Gasteiger charge is -2.16. The molecule has 3 N–H and O–H groups in total. The molecule has 1 unspecified atom stereocenters. The molecule has 0 radical (unpaired) electrons. The van der Waals surface area contributed by atoms with Gasteiger partial charge in [-0.2, -0.15) is 5.10 Å². The van der Waals surface area contributed by atoms with Crippen LogP contribution in [0.5, 0.6) is 0 Å². The van der Waals surface area contributed by atoms with E-state index in [1.54, 1.807) is 0 Å². The van der Waals surface area contributed by atoms with Crippen molar-refractivity contribution in [3.8, 4) is 0 Å². The van der Waals surface area contributed by atoms with E-state index in [4.69, 9.17) is 17.4 Å². The predicted molar refractivity (Wildman–Crippen MR) is 80.5 cm³/mol. The molecule has 102 valence electrons. The Balaban J connectivity index is 2.11. The fourth-order valence-corrected chi connectivity index (χ4v) is 2.52. The lowest BCUT2D eigenvalue weighted by molar-refractivity contribution is 0.640. The molecule has 0 aliphatic heterocycles. The van der Waals surface area contributed by atoms with Crippen LogP contribution in [0.4, 0.5) is 0 Å². The number of nitrogens with one attached hydrogen (secondary N) is 1. The molecule has 0 fully saturated rings. The van der Waals surface area contributed by atoms with Crippen molar-refractivity contribution in [3.63, 3.8) is 0 Å². The number of nitrogens with two attached hydrogens (primary N) is 1. The van der Waals surface area contributed by atoms with Gasteiger partial charge in [0.15, 0.2) is 0 Å². The minimum absolute atomic E-state index is 0.145. The number of pyridine rings is 1. The van der Waals surface area contributed by atoms with Crippen LogP contribution < -0.4 is 11.3 Å². The van der Waals surface area contributed by atoms with E-state index >= 15 is 0 Å². The van der Waals surface area contributed by atoms with Crippen LogP contribution in [-0.4, -0.2) is 9.61 Å². The monoisotopic (exact) mass is 286 g/mol. The number of nitrogens with zero attached hydrogens (tertiary/aromatic N) is 2. The largest absolute Gasteiger partial charge is 0.271 e. The molecule has 2 heterocycles. The zero-order chi connectivity index (χ0) is 14.1. The Hall–Kier alpha value is -1.88. The summed E-state index contributed by atoms with van der Waals surface area (Å²) in [6.45, 7) is 1.98. The Morgan fingerprint density at radius 2 is 2.15 bits per heavy atom. The molecule has 1 atom stereocenters. The van der Waals surface area contributed by atoms with E-state index in [1.165, 1.54) is 0 Å². The number of aromatic nitrogens is 2. The number of hydrogen-bond acceptors (Lipinski definition) is 3. The van der Waals surface area contributed by atoms with Gasteiger partial charge in [-0.05, 0) is 36.2 Å². The second kappa shape index (κ2) is 5.25. The number of hydrazine groups is 1. The van der Waals surface area contributed by atoms with Crippen LogP contribution in [0.2, 0.25) is 5.02 Å². The van der Waals surface area contributed by atoms with Crippen molar-refractivity contribution < 1.29 is 0 Å². The summed E-state index contributed by atoms with van der Waals surface area (Å²) in [5.74, 6) is 5.75. The zero-order valence-electron chi connectivity index (χ0n) is 11.0. The highest BCUT2D eigenvalue weighted by Gasteiger charge is 2.17. The molecule has 0 aliphatic carbocycles. The molecular weight excluding hydrogens is 272 g/mol. The van der Waals surface area contributed by atoms with Gasteiger partial charge in [0.05, 0.1) is 17.8 Å². The predicted octanol–water partition coefficient (Wildman–Crippen LogP) is 2.85.